The van der Waals surface area contributed by atoms with Crippen LogP contribution in [0.3, 0.4) is 0 Å². The van der Waals surface area contributed by atoms with E-state index in [2.05, 4.69) is 35.3 Å². The summed E-state index contributed by atoms with van der Waals surface area (Å²) in [6, 6.07) is 2.54. The summed E-state index contributed by atoms with van der Waals surface area (Å²) < 4.78 is 11.0. The van der Waals surface area contributed by atoms with Crippen LogP contribution in [0.25, 0.3) is 6.08 Å². The Kier molecular flexibility index (Phi) is 2.78. The van der Waals surface area contributed by atoms with Gasteiger partial charge in [0.05, 0.1) is 23.9 Å². The molecule has 1 fully saturated rings. The van der Waals surface area contributed by atoms with Crippen LogP contribution in [-0.4, -0.2) is 10.3 Å². The number of hydrogen-bond acceptors (Lipinski definition) is 5. The second-order valence-electron chi connectivity index (χ2n) is 8.36. The molecule has 5 rings (SSSR count). The molecule has 130 valence electrons. The van der Waals surface area contributed by atoms with Gasteiger partial charge in [0.2, 0.25) is 0 Å². The zero-order chi connectivity index (χ0) is 18.2. The first-order valence-corrected chi connectivity index (χ1v) is 8.96. The van der Waals surface area contributed by atoms with Gasteiger partial charge in [0.25, 0.3) is 0 Å². The average molecular weight is 345 g/mol. The lowest BCUT2D eigenvalue weighted by Gasteiger charge is -2.57. The van der Waals surface area contributed by atoms with Crippen molar-refractivity contribution in [3.05, 3.63) is 40.6 Å². The smallest absolute Gasteiger partial charge is 0.162 e. The van der Waals surface area contributed by atoms with Crippen molar-refractivity contribution in [2.75, 3.05) is 0 Å². The van der Waals surface area contributed by atoms with E-state index in [-0.39, 0.29) is 16.7 Å². The third-order valence-corrected chi connectivity index (χ3v) is 7.08. The predicted octanol–water partition coefficient (Wildman–Crippen LogP) is 3.68. The lowest BCUT2D eigenvalue weighted by molar-refractivity contribution is 0.0562. The molecule has 0 spiro atoms. The molecule has 0 bridgehead atoms. The minimum absolute atomic E-state index is 0.109. The molecule has 2 heterocycles. The van der Waals surface area contributed by atoms with Crippen molar-refractivity contribution in [3.8, 4) is 18.4 Å². The summed E-state index contributed by atoms with van der Waals surface area (Å²) in [4.78, 5) is 0. The molecule has 0 aliphatic heterocycles. The zero-order valence-corrected chi connectivity index (χ0v) is 14.9. The van der Waals surface area contributed by atoms with Crippen LogP contribution in [0.2, 0.25) is 0 Å². The number of fused-ring (bicyclic) bond motifs is 5. The van der Waals surface area contributed by atoms with E-state index in [0.717, 1.165) is 42.6 Å². The van der Waals surface area contributed by atoms with E-state index in [1.165, 1.54) is 5.57 Å². The van der Waals surface area contributed by atoms with Crippen LogP contribution in [0.5, 0.6) is 0 Å². The fraction of sp³-hybridized carbons (Fsp3) is 0.476. The molecule has 0 radical (unpaired) electrons. The van der Waals surface area contributed by atoms with E-state index in [9.17, 15) is 5.26 Å². The Morgan fingerprint density at radius 1 is 1.19 bits per heavy atom. The van der Waals surface area contributed by atoms with Crippen molar-refractivity contribution in [2.24, 2.45) is 16.7 Å². The van der Waals surface area contributed by atoms with Crippen molar-refractivity contribution in [3.63, 3.8) is 0 Å². The Morgan fingerprint density at radius 2 is 1.96 bits per heavy atom. The van der Waals surface area contributed by atoms with Crippen molar-refractivity contribution in [1.29, 1.82) is 5.26 Å². The van der Waals surface area contributed by atoms with Crippen LogP contribution in [0.4, 0.5) is 0 Å². The molecular formula is C21H19N3O2. The fourth-order valence-corrected chi connectivity index (χ4v) is 5.88. The van der Waals surface area contributed by atoms with Gasteiger partial charge >= 0.3 is 0 Å². The van der Waals surface area contributed by atoms with Gasteiger partial charge in [-0.25, -0.2) is 0 Å². The first-order chi connectivity index (χ1) is 12.5. The molecule has 5 heteroatoms. The van der Waals surface area contributed by atoms with Gasteiger partial charge in [-0.2, -0.15) is 5.26 Å². The molecule has 5 nitrogen and oxygen atoms in total. The van der Waals surface area contributed by atoms with Gasteiger partial charge in [0.15, 0.2) is 11.5 Å². The summed E-state index contributed by atoms with van der Waals surface area (Å²) in [5.41, 5.74) is 1.96. The molecular weight excluding hydrogens is 326 g/mol. The van der Waals surface area contributed by atoms with Gasteiger partial charge in [0, 0.05) is 11.1 Å². The van der Waals surface area contributed by atoms with Gasteiger partial charge in [-0.1, -0.05) is 23.2 Å². The van der Waals surface area contributed by atoms with Gasteiger partial charge in [-0.3, -0.25) is 0 Å². The zero-order valence-electron chi connectivity index (χ0n) is 14.9. The minimum Gasteiger partial charge on any atom is -0.359 e. The first kappa shape index (κ1) is 15.5. The molecule has 0 aromatic carbocycles. The van der Waals surface area contributed by atoms with Crippen LogP contribution >= 0.6 is 0 Å². The van der Waals surface area contributed by atoms with Crippen LogP contribution < -0.4 is 0 Å². The van der Waals surface area contributed by atoms with Crippen LogP contribution in [0.1, 0.15) is 49.3 Å². The molecule has 2 aromatic heterocycles. The van der Waals surface area contributed by atoms with Gasteiger partial charge in [-0.05, 0) is 55.6 Å². The highest BCUT2D eigenvalue weighted by atomic mass is 16.5. The molecule has 26 heavy (non-hydrogen) atoms. The molecule has 0 amide bonds. The largest absolute Gasteiger partial charge is 0.359 e. The van der Waals surface area contributed by atoms with E-state index in [0.29, 0.717) is 5.76 Å². The lowest BCUT2D eigenvalue weighted by Crippen LogP contribution is -2.54. The maximum absolute atomic E-state index is 10.1. The molecule has 2 aromatic rings. The van der Waals surface area contributed by atoms with Crippen LogP contribution in [0, 0.1) is 40.4 Å². The molecule has 1 saturated carbocycles. The molecule has 3 aliphatic carbocycles. The van der Waals surface area contributed by atoms with Crippen molar-refractivity contribution < 1.29 is 9.05 Å². The van der Waals surface area contributed by atoms with Crippen molar-refractivity contribution >= 4 is 6.08 Å². The number of terminal acetylenes is 1. The van der Waals surface area contributed by atoms with Crippen LogP contribution in [-0.2, 0) is 18.3 Å². The SMILES string of the molecule is C#C[C@@]12CCC3[C@](C)(Cc4cnoc4[C@@]3(C)C#N)C1=Cc1oncc1C2. The summed E-state index contributed by atoms with van der Waals surface area (Å²) in [6.07, 6.45) is 15.0. The Balaban J connectivity index is 1.77. The van der Waals surface area contributed by atoms with Gasteiger partial charge in [0.1, 0.15) is 5.41 Å². The van der Waals surface area contributed by atoms with Crippen LogP contribution in [0.15, 0.2) is 27.0 Å². The quantitative estimate of drug-likeness (QED) is 0.681. The number of nitrogens with zero attached hydrogens (tertiary/aromatic N) is 3. The minimum atomic E-state index is -0.720. The number of allylic oxidation sites excluding steroid dienone is 1. The third-order valence-electron chi connectivity index (χ3n) is 7.08. The fourth-order valence-electron chi connectivity index (χ4n) is 5.88. The molecule has 3 aliphatic rings. The Bertz CT molecular complexity index is 1030. The number of rotatable bonds is 0. The second-order valence-corrected chi connectivity index (χ2v) is 8.36. The molecule has 0 saturated heterocycles. The average Bonchev–Trinajstić information content (AvgIpc) is 3.28. The highest BCUT2D eigenvalue weighted by Crippen LogP contribution is 2.65. The van der Waals surface area contributed by atoms with E-state index < -0.39 is 5.41 Å². The van der Waals surface area contributed by atoms with E-state index in [1.807, 2.05) is 6.92 Å². The predicted molar refractivity (Wildman–Crippen MR) is 93.5 cm³/mol. The highest BCUT2D eigenvalue weighted by Gasteiger charge is 2.62. The Labute approximate surface area is 152 Å². The van der Waals surface area contributed by atoms with E-state index in [1.54, 1.807) is 12.4 Å². The summed E-state index contributed by atoms with van der Waals surface area (Å²) in [5.74, 6) is 4.73. The highest BCUT2D eigenvalue weighted by molar-refractivity contribution is 5.63. The number of nitriles is 1. The van der Waals surface area contributed by atoms with Crippen molar-refractivity contribution in [2.45, 2.75) is 44.9 Å². The van der Waals surface area contributed by atoms with Crippen molar-refractivity contribution in [1.82, 2.24) is 10.3 Å². The molecule has 0 N–H and O–H groups in total. The number of aromatic nitrogens is 2. The van der Waals surface area contributed by atoms with E-state index in [4.69, 9.17) is 15.5 Å². The van der Waals surface area contributed by atoms with Gasteiger partial charge < -0.3 is 9.05 Å². The molecule has 4 atom stereocenters. The number of hydrogen-bond donors (Lipinski definition) is 0. The third kappa shape index (κ3) is 1.62. The normalized spacial score (nSPS) is 37.2. The Hall–Kier alpha value is -2.79. The maximum Gasteiger partial charge on any atom is 0.162 e. The maximum atomic E-state index is 10.1. The Morgan fingerprint density at radius 3 is 2.73 bits per heavy atom. The first-order valence-electron chi connectivity index (χ1n) is 8.96. The topological polar surface area (TPSA) is 75.8 Å². The summed E-state index contributed by atoms with van der Waals surface area (Å²) in [5, 5.41) is 18.0. The summed E-state index contributed by atoms with van der Waals surface area (Å²) >= 11 is 0. The second kappa shape index (κ2) is 4.68. The van der Waals surface area contributed by atoms with E-state index >= 15 is 0 Å². The summed E-state index contributed by atoms with van der Waals surface area (Å²) in [7, 11) is 0. The summed E-state index contributed by atoms with van der Waals surface area (Å²) in [6.45, 7) is 4.22. The van der Waals surface area contributed by atoms with Gasteiger partial charge in [-0.15, -0.1) is 6.42 Å². The monoisotopic (exact) mass is 345 g/mol. The lowest BCUT2D eigenvalue weighted by atomic mass is 9.44. The molecule has 1 unspecified atom stereocenters. The standard InChI is InChI=1S/C21H19N3O2/c1-4-21-6-5-16-19(2,17(21)7-15-13(9-21)10-23-25-15)8-14-11-24-26-18(14)20(16,3)12-22/h1,7,10-11,16H,5-6,8-9H2,2-3H3/t16?,19-,20-,21-/m0/s1.